The Morgan fingerprint density at radius 3 is 2.82 bits per heavy atom. The molecule has 2 aliphatic heterocycles. The number of carboxylic acid groups (broad SMARTS) is 1. The highest BCUT2D eigenvalue weighted by Crippen LogP contribution is 2.15. The lowest BCUT2D eigenvalue weighted by atomic mass is 10.1. The van der Waals surface area contributed by atoms with E-state index in [4.69, 9.17) is 9.57 Å². The van der Waals surface area contributed by atoms with Gasteiger partial charge in [-0.3, -0.25) is 25.3 Å². The van der Waals surface area contributed by atoms with Gasteiger partial charge in [-0.15, -0.1) is 0 Å². The van der Waals surface area contributed by atoms with Gasteiger partial charge in [-0.05, 0) is 31.4 Å². The Bertz CT molecular complexity index is 838. The normalized spacial score (nSPS) is 22.6. The Morgan fingerprint density at radius 2 is 2.09 bits per heavy atom. The minimum Gasteiger partial charge on any atom is -0.480 e. The first-order valence-electron chi connectivity index (χ1n) is 11.4. The molecule has 12 heteroatoms. The van der Waals surface area contributed by atoms with Crippen LogP contribution >= 0.6 is 0 Å². The number of nitrogens with zero attached hydrogens (tertiary/aromatic N) is 1. The van der Waals surface area contributed by atoms with Crippen LogP contribution in [-0.4, -0.2) is 73.4 Å². The molecule has 0 saturated carbocycles. The summed E-state index contributed by atoms with van der Waals surface area (Å²) in [7, 11) is 0. The summed E-state index contributed by atoms with van der Waals surface area (Å²) in [6, 6.07) is 7.09. The quantitative estimate of drug-likeness (QED) is 0.226. The number of nitrogens with one attached hydrogen (secondary N) is 5. The smallest absolute Gasteiger partial charge is 0.408 e. The average Bonchev–Trinajstić information content (AvgIpc) is 3.33. The maximum atomic E-state index is 12.4. The fourth-order valence-corrected chi connectivity index (χ4v) is 3.52. The number of carbonyl (C=O) groups is 3. The van der Waals surface area contributed by atoms with Crippen molar-refractivity contribution in [1.29, 1.82) is 0 Å². The van der Waals surface area contributed by atoms with Crippen LogP contribution in [0.1, 0.15) is 31.2 Å². The molecule has 3 rings (SSSR count). The van der Waals surface area contributed by atoms with Crippen molar-refractivity contribution < 1.29 is 29.1 Å². The van der Waals surface area contributed by atoms with Crippen molar-refractivity contribution in [2.45, 2.75) is 56.8 Å². The zero-order chi connectivity index (χ0) is 24.2. The van der Waals surface area contributed by atoms with Gasteiger partial charge in [0.05, 0.1) is 6.10 Å². The molecule has 4 unspecified atom stereocenters. The van der Waals surface area contributed by atoms with Gasteiger partial charge in [0.2, 0.25) is 5.91 Å². The standard InChI is InChI=1S/C22H32N6O6/c29-19(17-12-16(34-28-17)8-4-9-23-21-24-10-5-11-25-21)26-13-18(20(30)31)27-22(32)33-14-15-6-2-1-3-7-15/h1-3,6-7,10,16-18,21,23,25,28H,4-5,8-9,11-14H2,(H,26,29)(H,27,32)(H,30,31). The molecule has 1 aromatic carbocycles. The summed E-state index contributed by atoms with van der Waals surface area (Å²) >= 11 is 0. The van der Waals surface area contributed by atoms with Crippen LogP contribution in [0.5, 0.6) is 0 Å². The summed E-state index contributed by atoms with van der Waals surface area (Å²) in [6.07, 6.45) is 3.86. The van der Waals surface area contributed by atoms with Crippen LogP contribution < -0.4 is 26.7 Å². The van der Waals surface area contributed by atoms with Gasteiger partial charge in [0, 0.05) is 25.7 Å². The van der Waals surface area contributed by atoms with E-state index in [1.165, 1.54) is 0 Å². The van der Waals surface area contributed by atoms with E-state index in [0.29, 0.717) is 6.42 Å². The monoisotopic (exact) mass is 476 g/mol. The molecule has 2 aliphatic rings. The highest BCUT2D eigenvalue weighted by molar-refractivity contribution is 5.84. The van der Waals surface area contributed by atoms with E-state index in [1.807, 2.05) is 12.3 Å². The Kier molecular flexibility index (Phi) is 10.2. The highest BCUT2D eigenvalue weighted by Gasteiger charge is 2.31. The summed E-state index contributed by atoms with van der Waals surface area (Å²) in [6.45, 7) is 1.39. The van der Waals surface area contributed by atoms with Crippen LogP contribution in [0.15, 0.2) is 35.3 Å². The van der Waals surface area contributed by atoms with Gasteiger partial charge in [0.15, 0.2) is 6.29 Å². The molecule has 4 atom stereocenters. The van der Waals surface area contributed by atoms with E-state index in [1.54, 1.807) is 24.3 Å². The largest absolute Gasteiger partial charge is 0.480 e. The Hall–Kier alpha value is -3.06. The molecule has 0 bridgehead atoms. The fourth-order valence-electron chi connectivity index (χ4n) is 3.52. The molecule has 1 saturated heterocycles. The number of rotatable bonds is 12. The van der Waals surface area contributed by atoms with Crippen molar-refractivity contribution >= 4 is 24.2 Å². The van der Waals surface area contributed by atoms with E-state index in [-0.39, 0.29) is 25.5 Å². The number of carboxylic acids is 1. The van der Waals surface area contributed by atoms with Gasteiger partial charge in [-0.25, -0.2) is 9.59 Å². The maximum Gasteiger partial charge on any atom is 0.408 e. The topological polar surface area (TPSA) is 162 Å². The fraction of sp³-hybridized carbons (Fsp3) is 0.545. The summed E-state index contributed by atoms with van der Waals surface area (Å²) < 4.78 is 5.04. The van der Waals surface area contributed by atoms with Crippen molar-refractivity contribution in [3.05, 3.63) is 35.9 Å². The first kappa shape index (κ1) is 25.6. The summed E-state index contributed by atoms with van der Waals surface area (Å²) in [5.74, 6) is -1.68. The molecule has 1 aromatic rings. The second-order valence-electron chi connectivity index (χ2n) is 8.06. The number of amides is 2. The van der Waals surface area contributed by atoms with Gasteiger partial charge >= 0.3 is 12.1 Å². The van der Waals surface area contributed by atoms with Crippen LogP contribution in [0.3, 0.4) is 0 Å². The Labute approximate surface area is 197 Å². The number of hydrogen-bond donors (Lipinski definition) is 6. The minimum atomic E-state index is -1.33. The highest BCUT2D eigenvalue weighted by atomic mass is 16.7. The molecule has 0 radical (unpaired) electrons. The third kappa shape index (κ3) is 8.71. The number of aliphatic imine (C=N–C) groups is 1. The molecule has 34 heavy (non-hydrogen) atoms. The van der Waals surface area contributed by atoms with Gasteiger partial charge in [0.1, 0.15) is 18.7 Å². The zero-order valence-corrected chi connectivity index (χ0v) is 18.9. The molecular formula is C22H32N6O6. The average molecular weight is 477 g/mol. The maximum absolute atomic E-state index is 12.4. The van der Waals surface area contributed by atoms with Crippen LogP contribution in [-0.2, 0) is 25.8 Å². The van der Waals surface area contributed by atoms with Gasteiger partial charge < -0.3 is 20.5 Å². The second kappa shape index (κ2) is 13.6. The lowest BCUT2D eigenvalue weighted by molar-refractivity contribution is -0.139. The first-order valence-corrected chi connectivity index (χ1v) is 11.4. The van der Waals surface area contributed by atoms with Crippen LogP contribution in [0.25, 0.3) is 0 Å². The van der Waals surface area contributed by atoms with Gasteiger partial charge in [0.25, 0.3) is 0 Å². The number of hydrogen-bond acceptors (Lipinski definition) is 9. The van der Waals surface area contributed by atoms with Crippen molar-refractivity contribution in [3.8, 4) is 0 Å². The minimum absolute atomic E-state index is 0.00991. The van der Waals surface area contributed by atoms with Crippen LogP contribution in [0.2, 0.25) is 0 Å². The van der Waals surface area contributed by atoms with E-state index in [9.17, 15) is 19.5 Å². The van der Waals surface area contributed by atoms with E-state index < -0.39 is 30.1 Å². The number of hydroxylamine groups is 1. The number of ether oxygens (including phenoxy) is 1. The molecule has 186 valence electrons. The van der Waals surface area contributed by atoms with Gasteiger partial charge in [-0.2, -0.15) is 5.48 Å². The van der Waals surface area contributed by atoms with E-state index >= 15 is 0 Å². The molecule has 0 aliphatic carbocycles. The predicted octanol–water partition coefficient (Wildman–Crippen LogP) is -0.138. The molecule has 0 aromatic heterocycles. The first-order chi connectivity index (χ1) is 16.5. The van der Waals surface area contributed by atoms with Crippen molar-refractivity contribution in [2.75, 3.05) is 19.6 Å². The van der Waals surface area contributed by atoms with E-state index in [2.05, 4.69) is 31.7 Å². The third-order valence-electron chi connectivity index (χ3n) is 5.38. The second-order valence-corrected chi connectivity index (χ2v) is 8.06. The number of alkyl carbamates (subject to hydrolysis) is 1. The zero-order valence-electron chi connectivity index (χ0n) is 18.9. The third-order valence-corrected chi connectivity index (χ3v) is 5.38. The predicted molar refractivity (Wildman–Crippen MR) is 123 cm³/mol. The summed E-state index contributed by atoms with van der Waals surface area (Å²) in [4.78, 5) is 45.6. The molecule has 2 heterocycles. The molecule has 12 nitrogen and oxygen atoms in total. The van der Waals surface area contributed by atoms with Crippen molar-refractivity contribution in [1.82, 2.24) is 26.7 Å². The molecule has 2 amide bonds. The van der Waals surface area contributed by atoms with Crippen LogP contribution in [0.4, 0.5) is 4.79 Å². The van der Waals surface area contributed by atoms with E-state index in [0.717, 1.165) is 37.9 Å². The lowest BCUT2D eigenvalue weighted by Gasteiger charge is -2.19. The van der Waals surface area contributed by atoms with Gasteiger partial charge in [-0.1, -0.05) is 30.3 Å². The van der Waals surface area contributed by atoms with Crippen molar-refractivity contribution in [2.24, 2.45) is 4.99 Å². The number of carbonyl (C=O) groups excluding carboxylic acids is 2. The molecule has 6 N–H and O–H groups in total. The molecule has 1 fully saturated rings. The Morgan fingerprint density at radius 1 is 1.26 bits per heavy atom. The summed E-state index contributed by atoms with van der Waals surface area (Å²) in [5, 5.41) is 20.7. The van der Waals surface area contributed by atoms with Crippen LogP contribution in [0, 0.1) is 0 Å². The number of benzene rings is 1. The molecule has 0 spiro atoms. The molecular weight excluding hydrogens is 444 g/mol. The SMILES string of the molecule is O=C(NC(CNC(=O)C1CC(CCCNC2N=CCCN2)ON1)C(=O)O)OCc1ccccc1. The number of aliphatic carboxylic acids is 1. The van der Waals surface area contributed by atoms with Crippen molar-refractivity contribution in [3.63, 3.8) is 0 Å². The summed E-state index contributed by atoms with van der Waals surface area (Å²) in [5.41, 5.74) is 3.47. The Balaban J connectivity index is 1.31. The lowest BCUT2D eigenvalue weighted by Crippen LogP contribution is -2.51.